The second-order valence-electron chi connectivity index (χ2n) is 6.97. The van der Waals surface area contributed by atoms with Crippen LogP contribution in [0.2, 0.25) is 5.02 Å². The normalized spacial score (nSPS) is 12.0. The Morgan fingerprint density at radius 2 is 1.66 bits per heavy atom. The topological polar surface area (TPSA) is 93.7 Å². The fraction of sp³-hybridized carbons (Fsp3) is 0.174. The van der Waals surface area contributed by atoms with Crippen molar-refractivity contribution in [3.63, 3.8) is 0 Å². The Labute approximate surface area is 192 Å². The summed E-state index contributed by atoms with van der Waals surface area (Å²) in [5.74, 6) is 0.736. The number of ether oxygens (including phenoxy) is 2. The number of carbonyl (C=O) groups is 1. The van der Waals surface area contributed by atoms with E-state index in [4.69, 9.17) is 21.1 Å². The first-order chi connectivity index (χ1) is 15.2. The van der Waals surface area contributed by atoms with Crippen LogP contribution in [0.5, 0.6) is 11.5 Å². The molecular formula is C23H23ClN2O5S. The van der Waals surface area contributed by atoms with E-state index < -0.39 is 16.1 Å². The number of rotatable bonds is 8. The van der Waals surface area contributed by atoms with Gasteiger partial charge in [-0.2, -0.15) is 0 Å². The molecule has 0 saturated carbocycles. The van der Waals surface area contributed by atoms with Crippen molar-refractivity contribution in [1.29, 1.82) is 0 Å². The van der Waals surface area contributed by atoms with Crippen LogP contribution in [0.1, 0.15) is 12.5 Å². The highest BCUT2D eigenvalue weighted by Gasteiger charge is 2.18. The van der Waals surface area contributed by atoms with Gasteiger partial charge in [-0.1, -0.05) is 23.7 Å². The molecule has 0 spiro atoms. The molecule has 9 heteroatoms. The highest BCUT2D eigenvalue weighted by molar-refractivity contribution is 7.92. The molecule has 0 aliphatic heterocycles. The average molecular weight is 475 g/mol. The quantitative estimate of drug-likeness (QED) is 0.486. The third kappa shape index (κ3) is 5.72. The zero-order chi connectivity index (χ0) is 23.3. The molecule has 0 aliphatic carbocycles. The predicted molar refractivity (Wildman–Crippen MR) is 125 cm³/mol. The van der Waals surface area contributed by atoms with Crippen LogP contribution in [0.4, 0.5) is 11.4 Å². The van der Waals surface area contributed by atoms with E-state index in [-0.39, 0.29) is 10.8 Å². The van der Waals surface area contributed by atoms with Crippen molar-refractivity contribution in [2.75, 3.05) is 17.1 Å². The Balaban J connectivity index is 1.65. The van der Waals surface area contributed by atoms with E-state index in [9.17, 15) is 13.2 Å². The van der Waals surface area contributed by atoms with E-state index in [1.54, 1.807) is 63.4 Å². The molecule has 0 radical (unpaired) electrons. The first-order valence-electron chi connectivity index (χ1n) is 9.69. The smallest absolute Gasteiger partial charge is 0.265 e. The van der Waals surface area contributed by atoms with Crippen molar-refractivity contribution in [2.45, 2.75) is 24.8 Å². The van der Waals surface area contributed by atoms with Gasteiger partial charge in [0.25, 0.3) is 15.9 Å². The van der Waals surface area contributed by atoms with Crippen molar-refractivity contribution in [1.82, 2.24) is 0 Å². The highest BCUT2D eigenvalue weighted by Crippen LogP contribution is 2.26. The molecule has 0 fully saturated rings. The summed E-state index contributed by atoms with van der Waals surface area (Å²) in [4.78, 5) is 12.5. The third-order valence-corrected chi connectivity index (χ3v) is 6.46. The Hall–Kier alpha value is -3.23. The molecule has 0 aromatic heterocycles. The number of nitrogens with one attached hydrogen (secondary N) is 2. The highest BCUT2D eigenvalue weighted by atomic mass is 35.5. The lowest BCUT2D eigenvalue weighted by atomic mass is 10.2. The Morgan fingerprint density at radius 3 is 2.34 bits per heavy atom. The lowest BCUT2D eigenvalue weighted by Gasteiger charge is -2.15. The van der Waals surface area contributed by atoms with Gasteiger partial charge in [0.05, 0.1) is 17.7 Å². The van der Waals surface area contributed by atoms with Gasteiger partial charge in [-0.15, -0.1) is 0 Å². The predicted octanol–water partition coefficient (Wildman–Crippen LogP) is 4.86. The molecule has 1 amide bonds. The van der Waals surface area contributed by atoms with Crippen molar-refractivity contribution in [3.05, 3.63) is 77.3 Å². The molecule has 0 saturated heterocycles. The summed E-state index contributed by atoms with van der Waals surface area (Å²) in [5, 5.41) is 3.17. The molecule has 1 atom stereocenters. The fourth-order valence-corrected chi connectivity index (χ4v) is 4.11. The van der Waals surface area contributed by atoms with E-state index in [1.165, 1.54) is 24.3 Å². The van der Waals surface area contributed by atoms with Gasteiger partial charge in [0.1, 0.15) is 11.5 Å². The lowest BCUT2D eigenvalue weighted by molar-refractivity contribution is -0.122. The number of methoxy groups -OCH3 is 1. The van der Waals surface area contributed by atoms with E-state index in [2.05, 4.69) is 10.0 Å². The van der Waals surface area contributed by atoms with Crippen molar-refractivity contribution in [2.24, 2.45) is 0 Å². The monoisotopic (exact) mass is 474 g/mol. The number of carbonyl (C=O) groups excluding carboxylic acids is 1. The van der Waals surface area contributed by atoms with Gasteiger partial charge in [0.2, 0.25) is 0 Å². The molecule has 7 nitrogen and oxygen atoms in total. The summed E-state index contributed by atoms with van der Waals surface area (Å²) >= 11 is 6.06. The van der Waals surface area contributed by atoms with Crippen LogP contribution >= 0.6 is 11.6 Å². The number of hydrogen-bond acceptors (Lipinski definition) is 5. The second-order valence-corrected chi connectivity index (χ2v) is 9.06. The van der Waals surface area contributed by atoms with Crippen LogP contribution in [0.25, 0.3) is 0 Å². The summed E-state index contributed by atoms with van der Waals surface area (Å²) in [7, 11) is -2.27. The number of hydrogen-bond donors (Lipinski definition) is 2. The zero-order valence-corrected chi connectivity index (χ0v) is 19.3. The summed E-state index contributed by atoms with van der Waals surface area (Å²) in [6.07, 6.45) is -0.780. The largest absolute Gasteiger partial charge is 0.497 e. The minimum absolute atomic E-state index is 0.0514. The maximum absolute atomic E-state index is 12.7. The summed E-state index contributed by atoms with van der Waals surface area (Å²) in [5.41, 5.74) is 1.47. The standard InChI is InChI=1S/C23H23ClN2O5S/c1-15-21(24)8-5-9-22(15)26-32(28,29)20-12-10-17(11-13-20)25-23(27)16(2)31-19-7-4-6-18(14-19)30-3/h4-14,16,26H,1-3H3,(H,25,27)/t16-/m1/s1. The molecule has 3 aromatic rings. The lowest BCUT2D eigenvalue weighted by Crippen LogP contribution is -2.30. The molecule has 0 heterocycles. The number of halogens is 1. The van der Waals surface area contributed by atoms with Gasteiger partial charge in [0, 0.05) is 16.8 Å². The summed E-state index contributed by atoms with van der Waals surface area (Å²) in [6.45, 7) is 3.35. The van der Waals surface area contributed by atoms with Gasteiger partial charge in [0.15, 0.2) is 6.10 Å². The Bertz CT molecular complexity index is 1210. The molecular weight excluding hydrogens is 452 g/mol. The first kappa shape index (κ1) is 23.4. The Morgan fingerprint density at radius 1 is 1.00 bits per heavy atom. The zero-order valence-electron chi connectivity index (χ0n) is 17.8. The Kier molecular flexibility index (Phi) is 7.27. The van der Waals surface area contributed by atoms with Gasteiger partial charge >= 0.3 is 0 Å². The molecule has 0 unspecified atom stereocenters. The van der Waals surface area contributed by atoms with Crippen LogP contribution < -0.4 is 19.5 Å². The van der Waals surface area contributed by atoms with Gasteiger partial charge < -0.3 is 14.8 Å². The van der Waals surface area contributed by atoms with Crippen LogP contribution in [0.15, 0.2) is 71.6 Å². The fourth-order valence-electron chi connectivity index (χ4n) is 2.82. The van der Waals surface area contributed by atoms with E-state index in [0.29, 0.717) is 33.5 Å². The SMILES string of the molecule is COc1cccc(O[C@H](C)C(=O)Nc2ccc(S(=O)(=O)Nc3cccc(Cl)c3C)cc2)c1. The number of sulfonamides is 1. The van der Waals surface area contributed by atoms with E-state index >= 15 is 0 Å². The second kappa shape index (κ2) is 9.93. The van der Waals surface area contributed by atoms with Gasteiger partial charge in [-0.3, -0.25) is 9.52 Å². The van der Waals surface area contributed by atoms with E-state index in [1.807, 2.05) is 0 Å². The summed E-state index contributed by atoms with van der Waals surface area (Å²) < 4.78 is 38.7. The maximum Gasteiger partial charge on any atom is 0.265 e. The van der Waals surface area contributed by atoms with Crippen LogP contribution in [-0.2, 0) is 14.8 Å². The summed E-state index contributed by atoms with van der Waals surface area (Å²) in [6, 6.07) is 17.8. The molecule has 3 aromatic carbocycles. The number of benzene rings is 3. The first-order valence-corrected chi connectivity index (χ1v) is 11.6. The molecule has 168 valence electrons. The molecule has 0 bridgehead atoms. The van der Waals surface area contributed by atoms with Crippen molar-refractivity contribution in [3.8, 4) is 11.5 Å². The minimum atomic E-state index is -3.82. The van der Waals surface area contributed by atoms with Crippen LogP contribution in [-0.4, -0.2) is 27.5 Å². The van der Waals surface area contributed by atoms with Crippen LogP contribution in [0, 0.1) is 6.92 Å². The minimum Gasteiger partial charge on any atom is -0.497 e. The molecule has 3 rings (SSSR count). The maximum atomic E-state index is 12.7. The number of amides is 1. The van der Waals surface area contributed by atoms with Gasteiger partial charge in [-0.25, -0.2) is 8.42 Å². The van der Waals surface area contributed by atoms with Gasteiger partial charge in [-0.05, 0) is 67.9 Å². The molecule has 0 aliphatic rings. The number of anilines is 2. The van der Waals surface area contributed by atoms with Crippen LogP contribution in [0.3, 0.4) is 0 Å². The van der Waals surface area contributed by atoms with Crippen molar-refractivity contribution < 1.29 is 22.7 Å². The van der Waals surface area contributed by atoms with Crippen molar-refractivity contribution >= 4 is 38.9 Å². The molecule has 32 heavy (non-hydrogen) atoms. The molecule has 2 N–H and O–H groups in total. The van der Waals surface area contributed by atoms with E-state index in [0.717, 1.165) is 0 Å². The third-order valence-electron chi connectivity index (χ3n) is 4.67. The average Bonchev–Trinajstić information content (AvgIpc) is 2.77.